The summed E-state index contributed by atoms with van der Waals surface area (Å²) in [4.78, 5) is 25.4. The van der Waals surface area contributed by atoms with Crippen LogP contribution in [0.5, 0.6) is 5.75 Å². The van der Waals surface area contributed by atoms with Gasteiger partial charge in [0.15, 0.2) is 6.61 Å². The molecule has 3 N–H and O–H groups in total. The Kier molecular flexibility index (Phi) is 5.03. The molecule has 21 heavy (non-hydrogen) atoms. The minimum atomic E-state index is -0.177. The third-order valence-electron chi connectivity index (χ3n) is 3.42. The molecule has 114 valence electrons. The van der Waals surface area contributed by atoms with Crippen molar-refractivity contribution in [2.24, 2.45) is 0 Å². The Balaban J connectivity index is 1.94. The first kappa shape index (κ1) is 15.2. The van der Waals surface area contributed by atoms with E-state index in [1.165, 1.54) is 0 Å². The molecule has 0 bridgehead atoms. The number of nitrogens with zero attached hydrogens (tertiary/aromatic N) is 1. The quantitative estimate of drug-likeness (QED) is 0.793. The summed E-state index contributed by atoms with van der Waals surface area (Å²) in [7, 11) is 0. The number of likely N-dealkylation sites (tertiary alicyclic amines) is 1. The van der Waals surface area contributed by atoms with Crippen LogP contribution >= 0.6 is 0 Å². The lowest BCUT2D eigenvalue weighted by Crippen LogP contribution is -2.32. The summed E-state index contributed by atoms with van der Waals surface area (Å²) in [5, 5.41) is 2.70. The molecule has 1 heterocycles. The number of nitrogens with two attached hydrogens (primary N) is 1. The number of nitrogens with one attached hydrogen (secondary N) is 1. The van der Waals surface area contributed by atoms with Crippen LogP contribution in [0.15, 0.2) is 18.2 Å². The molecule has 0 aliphatic carbocycles. The number of amides is 2. The maximum Gasteiger partial charge on any atom is 0.260 e. The Hall–Kier alpha value is -2.24. The summed E-state index contributed by atoms with van der Waals surface area (Å²) in [5.74, 6) is 0.221. The number of nitrogen functional groups attached to an aromatic ring is 1. The molecule has 0 atom stereocenters. The van der Waals surface area contributed by atoms with E-state index in [2.05, 4.69) is 5.32 Å². The first-order valence-electron chi connectivity index (χ1n) is 7.20. The highest BCUT2D eigenvalue weighted by Crippen LogP contribution is 2.22. The molecule has 2 rings (SSSR count). The lowest BCUT2D eigenvalue weighted by molar-refractivity contribution is -0.132. The molecule has 1 aromatic carbocycles. The van der Waals surface area contributed by atoms with E-state index in [1.54, 1.807) is 23.1 Å². The topological polar surface area (TPSA) is 84.7 Å². The van der Waals surface area contributed by atoms with Gasteiger partial charge in [-0.25, -0.2) is 0 Å². The van der Waals surface area contributed by atoms with Gasteiger partial charge in [-0.2, -0.15) is 0 Å². The summed E-state index contributed by atoms with van der Waals surface area (Å²) in [6.07, 6.45) is 2.10. The van der Waals surface area contributed by atoms with E-state index < -0.39 is 0 Å². The van der Waals surface area contributed by atoms with Crippen molar-refractivity contribution in [1.29, 1.82) is 0 Å². The van der Waals surface area contributed by atoms with E-state index >= 15 is 0 Å². The Bertz CT molecular complexity index is 525. The summed E-state index contributed by atoms with van der Waals surface area (Å²) in [5.41, 5.74) is 6.70. The van der Waals surface area contributed by atoms with E-state index in [-0.39, 0.29) is 18.4 Å². The molecule has 0 unspecified atom stereocenters. The van der Waals surface area contributed by atoms with E-state index in [0.29, 0.717) is 23.5 Å². The highest BCUT2D eigenvalue weighted by atomic mass is 16.5. The van der Waals surface area contributed by atoms with Crippen molar-refractivity contribution in [3.05, 3.63) is 23.8 Å². The van der Waals surface area contributed by atoms with Crippen molar-refractivity contribution in [2.45, 2.75) is 19.8 Å². The average molecular weight is 291 g/mol. The predicted molar refractivity (Wildman–Crippen MR) is 80.2 cm³/mol. The van der Waals surface area contributed by atoms with Crippen molar-refractivity contribution in [2.75, 3.05) is 32.0 Å². The number of hydrogen-bond donors (Lipinski definition) is 2. The second kappa shape index (κ2) is 6.97. The Labute approximate surface area is 124 Å². The van der Waals surface area contributed by atoms with Crippen LogP contribution in [0.2, 0.25) is 0 Å². The zero-order valence-electron chi connectivity index (χ0n) is 12.2. The van der Waals surface area contributed by atoms with Crippen LogP contribution in [-0.2, 0) is 4.79 Å². The number of ether oxygens (including phenoxy) is 1. The predicted octanol–water partition coefficient (Wildman–Crippen LogP) is 1.02. The molecule has 1 saturated heterocycles. The Morgan fingerprint density at radius 2 is 2.05 bits per heavy atom. The molecule has 0 aromatic heterocycles. The minimum absolute atomic E-state index is 0.0231. The number of rotatable bonds is 5. The number of anilines is 1. The van der Waals surface area contributed by atoms with Gasteiger partial charge in [-0.15, -0.1) is 0 Å². The van der Waals surface area contributed by atoms with Crippen LogP contribution in [-0.4, -0.2) is 43.0 Å². The van der Waals surface area contributed by atoms with E-state index in [1.807, 2.05) is 6.92 Å². The van der Waals surface area contributed by atoms with Crippen LogP contribution in [0.25, 0.3) is 0 Å². The zero-order valence-corrected chi connectivity index (χ0v) is 12.2. The largest absolute Gasteiger partial charge is 0.482 e. The van der Waals surface area contributed by atoms with Gasteiger partial charge in [0.05, 0.1) is 5.69 Å². The molecule has 1 fully saturated rings. The normalized spacial score (nSPS) is 14.0. The highest BCUT2D eigenvalue weighted by molar-refractivity contribution is 5.95. The molecular weight excluding hydrogens is 270 g/mol. The van der Waals surface area contributed by atoms with Gasteiger partial charge < -0.3 is 20.7 Å². The smallest absolute Gasteiger partial charge is 0.260 e. The van der Waals surface area contributed by atoms with Gasteiger partial charge in [0.2, 0.25) is 0 Å². The van der Waals surface area contributed by atoms with Gasteiger partial charge in [-0.3, -0.25) is 9.59 Å². The van der Waals surface area contributed by atoms with Gasteiger partial charge in [-0.05, 0) is 38.0 Å². The fourth-order valence-electron chi connectivity index (χ4n) is 2.28. The molecule has 1 aromatic rings. The van der Waals surface area contributed by atoms with Gasteiger partial charge in [-0.1, -0.05) is 0 Å². The molecule has 0 radical (unpaired) electrons. The van der Waals surface area contributed by atoms with E-state index in [4.69, 9.17) is 10.5 Å². The molecular formula is C15H21N3O3. The molecule has 0 spiro atoms. The second-order valence-corrected chi connectivity index (χ2v) is 4.99. The molecule has 6 nitrogen and oxygen atoms in total. The molecule has 2 amide bonds. The van der Waals surface area contributed by atoms with Crippen LogP contribution in [0.4, 0.5) is 5.69 Å². The molecule has 6 heteroatoms. The van der Waals surface area contributed by atoms with Crippen molar-refractivity contribution in [3.63, 3.8) is 0 Å². The van der Waals surface area contributed by atoms with Gasteiger partial charge in [0, 0.05) is 25.2 Å². The van der Waals surface area contributed by atoms with Crippen LogP contribution in [0, 0.1) is 0 Å². The van der Waals surface area contributed by atoms with Crippen molar-refractivity contribution in [3.8, 4) is 5.75 Å². The highest BCUT2D eigenvalue weighted by Gasteiger charge is 2.18. The fraction of sp³-hybridized carbons (Fsp3) is 0.467. The van der Waals surface area contributed by atoms with Crippen molar-refractivity contribution in [1.82, 2.24) is 10.2 Å². The Morgan fingerprint density at radius 3 is 2.67 bits per heavy atom. The number of carbonyl (C=O) groups is 2. The SMILES string of the molecule is CCNC(=O)c1ccc(OCC(=O)N2CCCC2)c(N)c1. The molecule has 1 aliphatic heterocycles. The summed E-state index contributed by atoms with van der Waals surface area (Å²) < 4.78 is 5.46. The lowest BCUT2D eigenvalue weighted by Gasteiger charge is -2.16. The average Bonchev–Trinajstić information content (AvgIpc) is 3.00. The van der Waals surface area contributed by atoms with Gasteiger partial charge in [0.1, 0.15) is 5.75 Å². The second-order valence-electron chi connectivity index (χ2n) is 4.99. The first-order chi connectivity index (χ1) is 10.1. The lowest BCUT2D eigenvalue weighted by atomic mass is 10.2. The van der Waals surface area contributed by atoms with Crippen LogP contribution in [0.1, 0.15) is 30.1 Å². The first-order valence-corrected chi connectivity index (χ1v) is 7.20. The van der Waals surface area contributed by atoms with Crippen molar-refractivity contribution >= 4 is 17.5 Å². The number of benzene rings is 1. The summed E-state index contributed by atoms with van der Waals surface area (Å²) >= 11 is 0. The van der Waals surface area contributed by atoms with E-state index in [9.17, 15) is 9.59 Å². The monoisotopic (exact) mass is 291 g/mol. The number of hydrogen-bond acceptors (Lipinski definition) is 4. The molecule has 0 saturated carbocycles. The molecule has 1 aliphatic rings. The van der Waals surface area contributed by atoms with Gasteiger partial charge in [0.25, 0.3) is 11.8 Å². The summed E-state index contributed by atoms with van der Waals surface area (Å²) in [6.45, 7) is 3.98. The van der Waals surface area contributed by atoms with E-state index in [0.717, 1.165) is 25.9 Å². The van der Waals surface area contributed by atoms with Crippen LogP contribution in [0.3, 0.4) is 0 Å². The zero-order chi connectivity index (χ0) is 15.2. The maximum absolute atomic E-state index is 11.9. The van der Waals surface area contributed by atoms with Crippen molar-refractivity contribution < 1.29 is 14.3 Å². The fourth-order valence-corrected chi connectivity index (χ4v) is 2.28. The Morgan fingerprint density at radius 1 is 1.33 bits per heavy atom. The minimum Gasteiger partial charge on any atom is -0.482 e. The number of carbonyl (C=O) groups excluding carboxylic acids is 2. The van der Waals surface area contributed by atoms with Crippen LogP contribution < -0.4 is 15.8 Å². The third kappa shape index (κ3) is 3.87. The van der Waals surface area contributed by atoms with Gasteiger partial charge >= 0.3 is 0 Å². The third-order valence-corrected chi connectivity index (χ3v) is 3.42. The maximum atomic E-state index is 11.9. The summed E-state index contributed by atoms with van der Waals surface area (Å²) in [6, 6.07) is 4.81. The standard InChI is InChI=1S/C15H21N3O3/c1-2-17-15(20)11-5-6-13(12(16)9-11)21-10-14(19)18-7-3-4-8-18/h5-6,9H,2-4,7-8,10,16H2,1H3,(H,17,20).